The summed E-state index contributed by atoms with van der Waals surface area (Å²) < 4.78 is 5.38. The van der Waals surface area contributed by atoms with Crippen molar-refractivity contribution in [2.24, 2.45) is 0 Å². The van der Waals surface area contributed by atoms with E-state index in [1.54, 1.807) is 6.26 Å². The molecule has 1 unspecified atom stereocenters. The van der Waals surface area contributed by atoms with E-state index < -0.39 is 0 Å². The van der Waals surface area contributed by atoms with Crippen LogP contribution in [-0.4, -0.2) is 30.6 Å². The molecule has 1 fully saturated rings. The zero-order valence-corrected chi connectivity index (χ0v) is 9.41. The van der Waals surface area contributed by atoms with Gasteiger partial charge in [0.1, 0.15) is 5.76 Å². The van der Waals surface area contributed by atoms with Crippen LogP contribution < -0.4 is 5.32 Å². The Morgan fingerprint density at radius 3 is 3.27 bits per heavy atom. The van der Waals surface area contributed by atoms with Gasteiger partial charge in [-0.25, -0.2) is 0 Å². The monoisotopic (exact) mass is 208 g/mol. The maximum absolute atomic E-state index is 5.38. The van der Waals surface area contributed by atoms with Crippen molar-refractivity contribution in [3.8, 4) is 0 Å². The van der Waals surface area contributed by atoms with E-state index in [2.05, 4.69) is 23.2 Å². The number of hydrogen-bond acceptors (Lipinski definition) is 3. The molecule has 3 heteroatoms. The second-order valence-electron chi connectivity index (χ2n) is 4.35. The largest absolute Gasteiger partial charge is 0.468 e. The Morgan fingerprint density at radius 1 is 1.53 bits per heavy atom. The highest BCUT2D eigenvalue weighted by atomic mass is 16.3. The first-order chi connectivity index (χ1) is 7.34. The summed E-state index contributed by atoms with van der Waals surface area (Å²) in [6.07, 6.45) is 4.20. The SMILES string of the molecule is CC1CCN(Cc2ccco2)CCCN1. The van der Waals surface area contributed by atoms with Crippen molar-refractivity contribution in [1.29, 1.82) is 0 Å². The van der Waals surface area contributed by atoms with Gasteiger partial charge in [0.15, 0.2) is 0 Å². The van der Waals surface area contributed by atoms with Crippen LogP contribution in [-0.2, 0) is 6.54 Å². The summed E-state index contributed by atoms with van der Waals surface area (Å²) in [5, 5.41) is 3.51. The van der Waals surface area contributed by atoms with Crippen molar-refractivity contribution >= 4 is 0 Å². The van der Waals surface area contributed by atoms with Crippen molar-refractivity contribution < 1.29 is 4.42 Å². The molecule has 0 aliphatic carbocycles. The summed E-state index contributed by atoms with van der Waals surface area (Å²) in [6.45, 7) is 6.68. The molecule has 0 bridgehead atoms. The fraction of sp³-hybridized carbons (Fsp3) is 0.667. The predicted molar refractivity (Wildman–Crippen MR) is 60.7 cm³/mol. The number of nitrogens with one attached hydrogen (secondary N) is 1. The molecule has 1 aliphatic rings. The van der Waals surface area contributed by atoms with Crippen LogP contribution in [0, 0.1) is 0 Å². The van der Waals surface area contributed by atoms with E-state index in [9.17, 15) is 0 Å². The van der Waals surface area contributed by atoms with E-state index in [0.29, 0.717) is 6.04 Å². The summed E-state index contributed by atoms with van der Waals surface area (Å²) in [7, 11) is 0. The minimum atomic E-state index is 0.643. The van der Waals surface area contributed by atoms with Crippen LogP contribution >= 0.6 is 0 Å². The maximum Gasteiger partial charge on any atom is 0.117 e. The van der Waals surface area contributed by atoms with Crippen molar-refractivity contribution in [2.45, 2.75) is 32.4 Å². The fourth-order valence-electron chi connectivity index (χ4n) is 2.02. The predicted octanol–water partition coefficient (Wildman–Crippen LogP) is 1.85. The van der Waals surface area contributed by atoms with Gasteiger partial charge in [-0.3, -0.25) is 4.90 Å². The van der Waals surface area contributed by atoms with Crippen molar-refractivity contribution in [3.05, 3.63) is 24.2 Å². The lowest BCUT2D eigenvalue weighted by Gasteiger charge is -2.26. The fourth-order valence-corrected chi connectivity index (χ4v) is 2.02. The molecule has 1 aromatic heterocycles. The highest BCUT2D eigenvalue weighted by molar-refractivity contribution is 4.97. The van der Waals surface area contributed by atoms with Gasteiger partial charge in [-0.05, 0) is 45.0 Å². The summed E-state index contributed by atoms with van der Waals surface area (Å²) in [6, 6.07) is 4.66. The van der Waals surface area contributed by atoms with Crippen molar-refractivity contribution in [1.82, 2.24) is 10.2 Å². The van der Waals surface area contributed by atoms with E-state index in [1.165, 1.54) is 19.4 Å². The molecule has 0 spiro atoms. The molecule has 1 N–H and O–H groups in total. The molecular formula is C12H20N2O. The zero-order chi connectivity index (χ0) is 10.5. The third kappa shape index (κ3) is 3.36. The molecular weight excluding hydrogens is 188 g/mol. The quantitative estimate of drug-likeness (QED) is 0.804. The average Bonchev–Trinajstić information content (AvgIpc) is 2.70. The highest BCUT2D eigenvalue weighted by Gasteiger charge is 2.12. The Labute approximate surface area is 91.4 Å². The standard InChI is InChI=1S/C12H20N2O/c1-11-5-8-14(7-3-6-13-11)10-12-4-2-9-15-12/h2,4,9,11,13H,3,5-8,10H2,1H3. The van der Waals surface area contributed by atoms with E-state index in [4.69, 9.17) is 4.42 Å². The number of hydrogen-bond donors (Lipinski definition) is 1. The smallest absolute Gasteiger partial charge is 0.117 e. The first-order valence-electron chi connectivity index (χ1n) is 5.83. The molecule has 0 amide bonds. The Morgan fingerprint density at radius 2 is 2.47 bits per heavy atom. The van der Waals surface area contributed by atoms with Gasteiger partial charge in [0.05, 0.1) is 12.8 Å². The molecule has 0 radical (unpaired) electrons. The van der Waals surface area contributed by atoms with Gasteiger partial charge in [-0.1, -0.05) is 0 Å². The second kappa shape index (κ2) is 5.33. The Kier molecular flexibility index (Phi) is 3.80. The molecule has 0 aromatic carbocycles. The van der Waals surface area contributed by atoms with Gasteiger partial charge in [0.2, 0.25) is 0 Å². The Balaban J connectivity index is 1.85. The van der Waals surface area contributed by atoms with Gasteiger partial charge in [0, 0.05) is 12.6 Å². The molecule has 2 rings (SSSR count). The first-order valence-corrected chi connectivity index (χ1v) is 5.83. The summed E-state index contributed by atoms with van der Waals surface area (Å²) in [4.78, 5) is 2.48. The zero-order valence-electron chi connectivity index (χ0n) is 9.41. The number of rotatable bonds is 2. The number of furan rings is 1. The third-order valence-electron chi connectivity index (χ3n) is 2.98. The molecule has 1 saturated heterocycles. The molecule has 15 heavy (non-hydrogen) atoms. The van der Waals surface area contributed by atoms with Crippen LogP contribution in [0.5, 0.6) is 0 Å². The molecule has 1 aliphatic heterocycles. The topological polar surface area (TPSA) is 28.4 Å². The Bertz CT molecular complexity index is 271. The van der Waals surface area contributed by atoms with Crippen LogP contribution in [0.25, 0.3) is 0 Å². The first kappa shape index (κ1) is 10.7. The van der Waals surface area contributed by atoms with E-state index in [0.717, 1.165) is 25.4 Å². The molecule has 0 saturated carbocycles. The van der Waals surface area contributed by atoms with Crippen molar-refractivity contribution in [2.75, 3.05) is 19.6 Å². The van der Waals surface area contributed by atoms with Gasteiger partial charge in [0.25, 0.3) is 0 Å². The lowest BCUT2D eigenvalue weighted by atomic mass is 10.2. The molecule has 84 valence electrons. The van der Waals surface area contributed by atoms with E-state index in [-0.39, 0.29) is 0 Å². The van der Waals surface area contributed by atoms with Crippen LogP contribution in [0.1, 0.15) is 25.5 Å². The summed E-state index contributed by atoms with van der Waals surface area (Å²) >= 11 is 0. The van der Waals surface area contributed by atoms with Crippen molar-refractivity contribution in [3.63, 3.8) is 0 Å². The molecule has 1 aromatic rings. The summed E-state index contributed by atoms with van der Waals surface area (Å²) in [5.74, 6) is 1.08. The van der Waals surface area contributed by atoms with E-state index >= 15 is 0 Å². The van der Waals surface area contributed by atoms with Gasteiger partial charge < -0.3 is 9.73 Å². The van der Waals surface area contributed by atoms with Gasteiger partial charge in [-0.2, -0.15) is 0 Å². The highest BCUT2D eigenvalue weighted by Crippen LogP contribution is 2.08. The molecule has 2 heterocycles. The lowest BCUT2D eigenvalue weighted by Crippen LogP contribution is -2.38. The lowest BCUT2D eigenvalue weighted by molar-refractivity contribution is 0.214. The normalized spacial score (nSPS) is 24.7. The Hall–Kier alpha value is -0.800. The van der Waals surface area contributed by atoms with Gasteiger partial charge in [-0.15, -0.1) is 0 Å². The second-order valence-corrected chi connectivity index (χ2v) is 4.35. The van der Waals surface area contributed by atoms with Crippen LogP contribution in [0.2, 0.25) is 0 Å². The minimum Gasteiger partial charge on any atom is -0.468 e. The molecule has 1 atom stereocenters. The summed E-state index contributed by atoms with van der Waals surface area (Å²) in [5.41, 5.74) is 0. The average molecular weight is 208 g/mol. The molecule has 3 nitrogen and oxygen atoms in total. The van der Waals surface area contributed by atoms with Crippen LogP contribution in [0.3, 0.4) is 0 Å². The maximum atomic E-state index is 5.38. The third-order valence-corrected chi connectivity index (χ3v) is 2.98. The van der Waals surface area contributed by atoms with E-state index in [1.807, 2.05) is 6.07 Å². The minimum absolute atomic E-state index is 0.643. The number of nitrogens with zero attached hydrogens (tertiary/aromatic N) is 1. The van der Waals surface area contributed by atoms with Crippen LogP contribution in [0.4, 0.5) is 0 Å². The van der Waals surface area contributed by atoms with Crippen LogP contribution in [0.15, 0.2) is 22.8 Å². The van der Waals surface area contributed by atoms with Gasteiger partial charge >= 0.3 is 0 Å².